The molecule has 0 saturated heterocycles. The Morgan fingerprint density at radius 1 is 1.31 bits per heavy atom. The van der Waals surface area contributed by atoms with Crippen molar-refractivity contribution in [2.24, 2.45) is 0 Å². The minimum absolute atomic E-state index is 0.130. The normalized spacial score (nSPS) is 10.7. The Morgan fingerprint density at radius 2 is 2.12 bits per heavy atom. The van der Waals surface area contributed by atoms with Crippen LogP contribution in [0.5, 0.6) is 0 Å². The van der Waals surface area contributed by atoms with Gasteiger partial charge in [0.15, 0.2) is 0 Å². The van der Waals surface area contributed by atoms with E-state index in [0.29, 0.717) is 26.4 Å². The lowest BCUT2D eigenvalue weighted by molar-refractivity contribution is -0.143. The fourth-order valence-corrected chi connectivity index (χ4v) is 3.13. The lowest BCUT2D eigenvalue weighted by atomic mass is 10.1. The molecule has 0 saturated carbocycles. The summed E-state index contributed by atoms with van der Waals surface area (Å²) in [6.45, 7) is 1.40. The van der Waals surface area contributed by atoms with E-state index in [0.717, 1.165) is 5.56 Å². The van der Waals surface area contributed by atoms with Crippen LogP contribution in [0.15, 0.2) is 44.9 Å². The van der Waals surface area contributed by atoms with Crippen LogP contribution in [0.4, 0.5) is 0 Å². The first-order valence-corrected chi connectivity index (χ1v) is 8.90. The first-order valence-electron chi connectivity index (χ1n) is 7.64. The van der Waals surface area contributed by atoms with E-state index >= 15 is 0 Å². The largest absolute Gasteiger partial charge is 0.459 e. The molecule has 0 bridgehead atoms. The summed E-state index contributed by atoms with van der Waals surface area (Å²) in [6, 6.07) is 7.98. The molecule has 0 spiro atoms. The number of carbonyl (C=O) groups is 2. The Labute approximate surface area is 157 Å². The Hall–Kier alpha value is -2.64. The number of aryl methyl sites for hydroxylation is 1. The summed E-state index contributed by atoms with van der Waals surface area (Å²) in [5, 5.41) is 5.36. The molecule has 2 heterocycles. The van der Waals surface area contributed by atoms with Crippen molar-refractivity contribution in [3.05, 3.63) is 67.2 Å². The summed E-state index contributed by atoms with van der Waals surface area (Å²) in [7, 11) is 0. The molecule has 3 rings (SSSR count). The number of halogens is 1. The molecule has 0 unspecified atom stereocenters. The molecule has 2 aromatic heterocycles. The van der Waals surface area contributed by atoms with Crippen LogP contribution in [-0.4, -0.2) is 18.4 Å². The van der Waals surface area contributed by atoms with Gasteiger partial charge in [-0.25, -0.2) is 4.79 Å². The van der Waals surface area contributed by atoms with Gasteiger partial charge in [-0.3, -0.25) is 9.59 Å². The van der Waals surface area contributed by atoms with Crippen molar-refractivity contribution in [2.75, 3.05) is 6.54 Å². The number of hydrogen-bond donors (Lipinski definition) is 1. The predicted molar refractivity (Wildman–Crippen MR) is 98.7 cm³/mol. The Bertz CT molecular complexity index is 1030. The molecule has 0 atom stereocenters. The third kappa shape index (κ3) is 4.12. The van der Waals surface area contributed by atoms with Crippen molar-refractivity contribution < 1.29 is 18.7 Å². The van der Waals surface area contributed by atoms with Crippen LogP contribution in [0.2, 0.25) is 5.02 Å². The third-order valence-corrected chi connectivity index (χ3v) is 4.91. The maximum Gasteiger partial charge on any atom is 0.336 e. The van der Waals surface area contributed by atoms with Gasteiger partial charge in [-0.15, -0.1) is 11.3 Å². The van der Waals surface area contributed by atoms with Crippen molar-refractivity contribution in [3.8, 4) is 0 Å². The number of rotatable bonds is 5. The molecule has 0 aliphatic heterocycles. The van der Waals surface area contributed by atoms with E-state index in [1.807, 2.05) is 0 Å². The average Bonchev–Trinajstić information content (AvgIpc) is 3.14. The monoisotopic (exact) mass is 391 g/mol. The molecule has 1 N–H and O–H groups in total. The van der Waals surface area contributed by atoms with Gasteiger partial charge in [-0.05, 0) is 36.1 Å². The molecule has 1 amide bonds. The minimum Gasteiger partial charge on any atom is -0.459 e. The number of nitrogens with one attached hydrogen (secondary N) is 1. The summed E-state index contributed by atoms with van der Waals surface area (Å²) in [5.74, 6) is -0.959. The number of esters is 1. The summed E-state index contributed by atoms with van der Waals surface area (Å²) >= 11 is 7.40. The zero-order valence-corrected chi connectivity index (χ0v) is 15.3. The van der Waals surface area contributed by atoms with E-state index in [-0.39, 0.29) is 19.1 Å². The smallest absolute Gasteiger partial charge is 0.336 e. The standard InChI is InChI=1S/C18H14ClNO5S/c1-10-5-14-12(7-13(10)19)11(6-16(21)25-14)9-24-17(22)8-20-18(23)15-3-2-4-26-15/h2-7H,8-9H2,1H3,(H,20,23). The van der Waals surface area contributed by atoms with Crippen molar-refractivity contribution in [3.63, 3.8) is 0 Å². The molecule has 26 heavy (non-hydrogen) atoms. The summed E-state index contributed by atoms with van der Waals surface area (Å²) in [4.78, 5) is 35.9. The van der Waals surface area contributed by atoms with E-state index in [1.165, 1.54) is 17.4 Å². The molecule has 134 valence electrons. The number of ether oxygens (including phenoxy) is 1. The molecule has 8 heteroatoms. The summed E-state index contributed by atoms with van der Waals surface area (Å²) < 4.78 is 10.3. The first-order chi connectivity index (χ1) is 12.4. The minimum atomic E-state index is -0.616. The summed E-state index contributed by atoms with van der Waals surface area (Å²) in [6.07, 6.45) is 0. The van der Waals surface area contributed by atoms with Gasteiger partial charge in [0, 0.05) is 22.0 Å². The van der Waals surface area contributed by atoms with Crippen LogP contribution in [0.1, 0.15) is 20.8 Å². The number of hydrogen-bond acceptors (Lipinski definition) is 6. The van der Waals surface area contributed by atoms with Crippen molar-refractivity contribution >= 4 is 45.8 Å². The van der Waals surface area contributed by atoms with Crippen molar-refractivity contribution in [2.45, 2.75) is 13.5 Å². The van der Waals surface area contributed by atoms with Crippen LogP contribution in [0.3, 0.4) is 0 Å². The second kappa shape index (κ2) is 7.72. The quantitative estimate of drug-likeness (QED) is 0.532. The van der Waals surface area contributed by atoms with E-state index in [1.54, 1.807) is 36.6 Å². The lowest BCUT2D eigenvalue weighted by Gasteiger charge is -2.09. The van der Waals surface area contributed by atoms with Crippen molar-refractivity contribution in [1.29, 1.82) is 0 Å². The SMILES string of the molecule is Cc1cc2oc(=O)cc(COC(=O)CNC(=O)c3cccs3)c2cc1Cl. The lowest BCUT2D eigenvalue weighted by Crippen LogP contribution is -2.30. The van der Waals surface area contributed by atoms with Crippen molar-refractivity contribution in [1.82, 2.24) is 5.32 Å². The van der Waals surface area contributed by atoms with Gasteiger partial charge in [-0.2, -0.15) is 0 Å². The van der Waals surface area contributed by atoms with E-state index in [9.17, 15) is 14.4 Å². The van der Waals surface area contributed by atoms with Gasteiger partial charge in [0.05, 0.1) is 4.88 Å². The molecule has 6 nitrogen and oxygen atoms in total. The first kappa shape index (κ1) is 18.2. The number of fused-ring (bicyclic) bond motifs is 1. The highest BCUT2D eigenvalue weighted by Gasteiger charge is 2.12. The number of amides is 1. The van der Waals surface area contributed by atoms with Gasteiger partial charge < -0.3 is 14.5 Å². The number of benzene rings is 1. The van der Waals surface area contributed by atoms with E-state index in [2.05, 4.69) is 5.32 Å². The molecular formula is C18H14ClNO5S. The van der Waals surface area contributed by atoms with Gasteiger partial charge in [0.25, 0.3) is 5.91 Å². The van der Waals surface area contributed by atoms with Gasteiger partial charge in [0.2, 0.25) is 0 Å². The highest BCUT2D eigenvalue weighted by molar-refractivity contribution is 7.12. The zero-order valence-electron chi connectivity index (χ0n) is 13.7. The molecule has 0 radical (unpaired) electrons. The maximum atomic E-state index is 11.9. The van der Waals surface area contributed by atoms with Crippen LogP contribution >= 0.6 is 22.9 Å². The molecule has 3 aromatic rings. The third-order valence-electron chi connectivity index (χ3n) is 3.64. The fourth-order valence-electron chi connectivity index (χ4n) is 2.32. The molecule has 0 fully saturated rings. The second-order valence-corrected chi connectivity index (χ2v) is 6.86. The summed E-state index contributed by atoms with van der Waals surface area (Å²) in [5.41, 5.74) is 1.08. The number of thiophene rings is 1. The Morgan fingerprint density at radius 3 is 2.85 bits per heavy atom. The Balaban J connectivity index is 1.67. The van der Waals surface area contributed by atoms with Gasteiger partial charge in [0.1, 0.15) is 18.7 Å². The van der Waals surface area contributed by atoms with E-state index in [4.69, 9.17) is 20.8 Å². The fraction of sp³-hybridized carbons (Fsp3) is 0.167. The van der Waals surface area contributed by atoms with Gasteiger partial charge >= 0.3 is 11.6 Å². The van der Waals surface area contributed by atoms with Crippen LogP contribution in [-0.2, 0) is 16.1 Å². The van der Waals surface area contributed by atoms with Crippen LogP contribution in [0, 0.1) is 6.92 Å². The second-order valence-electron chi connectivity index (χ2n) is 5.51. The topological polar surface area (TPSA) is 85.6 Å². The predicted octanol–water partition coefficient (Wildman–Crippen LogP) is 3.29. The van der Waals surface area contributed by atoms with Crippen LogP contribution < -0.4 is 10.9 Å². The molecule has 0 aliphatic carbocycles. The Kier molecular flexibility index (Phi) is 5.39. The highest BCUT2D eigenvalue weighted by atomic mass is 35.5. The van der Waals surface area contributed by atoms with E-state index < -0.39 is 11.6 Å². The number of carbonyl (C=O) groups excluding carboxylic acids is 2. The van der Waals surface area contributed by atoms with Crippen LogP contribution in [0.25, 0.3) is 11.0 Å². The molecule has 1 aromatic carbocycles. The maximum absolute atomic E-state index is 11.9. The molecule has 0 aliphatic rings. The zero-order chi connectivity index (χ0) is 18.7. The highest BCUT2D eigenvalue weighted by Crippen LogP contribution is 2.25. The van der Waals surface area contributed by atoms with Gasteiger partial charge in [-0.1, -0.05) is 17.7 Å². The average molecular weight is 392 g/mol. The molecular weight excluding hydrogens is 378 g/mol.